The third-order valence-electron chi connectivity index (χ3n) is 5.18. The van der Waals surface area contributed by atoms with Gasteiger partial charge in [0.15, 0.2) is 0 Å². The fraction of sp³-hybridized carbons (Fsp3) is 0.619. The number of nitrogens with zero attached hydrogens (tertiary/aromatic N) is 4. The van der Waals surface area contributed by atoms with Gasteiger partial charge in [0.25, 0.3) is 0 Å². The van der Waals surface area contributed by atoms with Crippen molar-refractivity contribution in [3.63, 3.8) is 0 Å². The Morgan fingerprint density at radius 2 is 1.64 bits per heavy atom. The zero-order valence-corrected chi connectivity index (χ0v) is 17.3. The van der Waals surface area contributed by atoms with E-state index in [1.807, 2.05) is 12.1 Å². The molecule has 1 aromatic heterocycles. The van der Waals surface area contributed by atoms with Gasteiger partial charge in [-0.2, -0.15) is 15.0 Å². The molecular formula is C21H35N5O2. The molecule has 0 saturated carbocycles. The molecule has 0 spiro atoms. The van der Waals surface area contributed by atoms with Crippen molar-refractivity contribution < 1.29 is 10.2 Å². The van der Waals surface area contributed by atoms with Crippen LogP contribution in [0, 0.1) is 0 Å². The second-order valence-corrected chi connectivity index (χ2v) is 7.58. The van der Waals surface area contributed by atoms with Gasteiger partial charge in [0.1, 0.15) is 0 Å². The Morgan fingerprint density at radius 3 is 2.29 bits per heavy atom. The van der Waals surface area contributed by atoms with E-state index in [4.69, 9.17) is 0 Å². The second kappa shape index (κ2) is 11.8. The molecule has 0 fully saturated rings. The van der Waals surface area contributed by atoms with E-state index in [0.29, 0.717) is 6.42 Å². The van der Waals surface area contributed by atoms with Gasteiger partial charge < -0.3 is 20.4 Å². The van der Waals surface area contributed by atoms with Crippen molar-refractivity contribution in [1.82, 2.24) is 19.9 Å². The summed E-state index contributed by atoms with van der Waals surface area (Å²) in [6.07, 6.45) is 7.32. The number of benzene rings is 1. The molecule has 0 aliphatic rings. The minimum atomic E-state index is -0.665. The highest BCUT2D eigenvalue weighted by Crippen LogP contribution is 2.13. The molecule has 0 amide bonds. The van der Waals surface area contributed by atoms with E-state index in [-0.39, 0.29) is 6.04 Å². The predicted molar refractivity (Wildman–Crippen MR) is 113 cm³/mol. The molecule has 0 aliphatic heterocycles. The van der Waals surface area contributed by atoms with Crippen LogP contribution in [-0.4, -0.2) is 68.5 Å². The van der Waals surface area contributed by atoms with Gasteiger partial charge in [-0.15, -0.1) is 0 Å². The Morgan fingerprint density at radius 1 is 1.00 bits per heavy atom. The molecule has 0 radical (unpaired) electrons. The van der Waals surface area contributed by atoms with Crippen LogP contribution >= 0.6 is 0 Å². The molecule has 156 valence electrons. The molecular weight excluding hydrogens is 354 g/mol. The summed E-state index contributed by atoms with van der Waals surface area (Å²) in [6.45, 7) is 5.72. The summed E-state index contributed by atoms with van der Waals surface area (Å²) in [5.41, 5.74) is 2.07. The summed E-state index contributed by atoms with van der Waals surface area (Å²) in [6, 6.07) is 8.39. The van der Waals surface area contributed by atoms with E-state index in [9.17, 15) is 10.2 Å². The van der Waals surface area contributed by atoms with E-state index in [2.05, 4.69) is 46.5 Å². The topological polar surface area (TPSA) is 86.4 Å². The highest BCUT2D eigenvalue weighted by atomic mass is 16.3. The number of rotatable bonds is 13. The SMILES string of the molecule is C[C@H](O)[C@@H](O)C[C@@H](C)N(C)CCCCCCNc1ccc(-n2nccn2)cc1. The molecule has 1 aromatic carbocycles. The van der Waals surface area contributed by atoms with Crippen molar-refractivity contribution >= 4 is 5.69 Å². The van der Waals surface area contributed by atoms with Gasteiger partial charge in [0, 0.05) is 18.3 Å². The molecule has 7 heteroatoms. The molecule has 28 heavy (non-hydrogen) atoms. The van der Waals surface area contributed by atoms with Crippen LogP contribution in [0.4, 0.5) is 5.69 Å². The number of aliphatic hydroxyl groups is 2. The summed E-state index contributed by atoms with van der Waals surface area (Å²) in [5.74, 6) is 0. The smallest absolute Gasteiger partial charge is 0.0858 e. The molecule has 2 rings (SSSR count). The third kappa shape index (κ3) is 7.58. The normalized spacial score (nSPS) is 14.8. The van der Waals surface area contributed by atoms with Gasteiger partial charge in [0.2, 0.25) is 0 Å². The first-order valence-electron chi connectivity index (χ1n) is 10.2. The Kier molecular flexibility index (Phi) is 9.40. The first-order valence-corrected chi connectivity index (χ1v) is 10.2. The third-order valence-corrected chi connectivity index (χ3v) is 5.18. The Balaban J connectivity index is 1.53. The van der Waals surface area contributed by atoms with Crippen molar-refractivity contribution in [1.29, 1.82) is 0 Å². The zero-order chi connectivity index (χ0) is 20.4. The lowest BCUT2D eigenvalue weighted by molar-refractivity contribution is 0.0112. The van der Waals surface area contributed by atoms with Gasteiger partial charge in [0.05, 0.1) is 30.3 Å². The van der Waals surface area contributed by atoms with Crippen LogP contribution in [0.2, 0.25) is 0 Å². The minimum absolute atomic E-state index is 0.270. The Bertz CT molecular complexity index is 645. The first-order chi connectivity index (χ1) is 13.5. The van der Waals surface area contributed by atoms with Gasteiger partial charge in [-0.05, 0) is 71.0 Å². The highest BCUT2D eigenvalue weighted by Gasteiger charge is 2.17. The second-order valence-electron chi connectivity index (χ2n) is 7.58. The van der Waals surface area contributed by atoms with Crippen LogP contribution in [0.1, 0.15) is 46.0 Å². The number of anilines is 1. The Labute approximate surface area is 168 Å². The van der Waals surface area contributed by atoms with Gasteiger partial charge in [-0.1, -0.05) is 12.8 Å². The van der Waals surface area contributed by atoms with Crippen LogP contribution in [0.3, 0.4) is 0 Å². The molecule has 3 atom stereocenters. The van der Waals surface area contributed by atoms with Gasteiger partial charge in [-0.25, -0.2) is 0 Å². The fourth-order valence-electron chi connectivity index (χ4n) is 3.08. The lowest BCUT2D eigenvalue weighted by atomic mass is 10.1. The van der Waals surface area contributed by atoms with E-state index in [1.165, 1.54) is 12.8 Å². The fourth-order valence-corrected chi connectivity index (χ4v) is 3.08. The minimum Gasteiger partial charge on any atom is -0.391 e. The van der Waals surface area contributed by atoms with E-state index < -0.39 is 12.2 Å². The van der Waals surface area contributed by atoms with E-state index >= 15 is 0 Å². The molecule has 0 aliphatic carbocycles. The molecule has 1 heterocycles. The maximum Gasteiger partial charge on any atom is 0.0858 e. The highest BCUT2D eigenvalue weighted by molar-refractivity contribution is 5.48. The zero-order valence-electron chi connectivity index (χ0n) is 17.3. The number of hydrogen-bond acceptors (Lipinski definition) is 6. The van der Waals surface area contributed by atoms with Gasteiger partial charge in [-0.3, -0.25) is 0 Å². The number of nitrogens with one attached hydrogen (secondary N) is 1. The van der Waals surface area contributed by atoms with Crippen LogP contribution < -0.4 is 5.32 Å². The van der Waals surface area contributed by atoms with Crippen LogP contribution in [0.15, 0.2) is 36.7 Å². The van der Waals surface area contributed by atoms with Crippen molar-refractivity contribution in [2.24, 2.45) is 0 Å². The van der Waals surface area contributed by atoms with Gasteiger partial charge >= 0.3 is 0 Å². The van der Waals surface area contributed by atoms with Crippen LogP contribution in [0.5, 0.6) is 0 Å². The van der Waals surface area contributed by atoms with Crippen LogP contribution in [0.25, 0.3) is 5.69 Å². The number of aromatic nitrogens is 3. The largest absolute Gasteiger partial charge is 0.391 e. The molecule has 2 aromatic rings. The number of unbranched alkanes of at least 4 members (excludes halogenated alkanes) is 3. The quantitative estimate of drug-likeness (QED) is 0.457. The summed E-state index contributed by atoms with van der Waals surface area (Å²) in [4.78, 5) is 3.87. The van der Waals surface area contributed by atoms with Crippen molar-refractivity contribution in [2.75, 3.05) is 25.5 Å². The van der Waals surface area contributed by atoms with Crippen LogP contribution in [-0.2, 0) is 0 Å². The lowest BCUT2D eigenvalue weighted by Gasteiger charge is -2.27. The maximum absolute atomic E-state index is 9.78. The predicted octanol–water partition coefficient (Wildman–Crippen LogP) is 2.69. The summed E-state index contributed by atoms with van der Waals surface area (Å²) in [5, 5.41) is 30.9. The monoisotopic (exact) mass is 389 g/mol. The maximum atomic E-state index is 9.78. The summed E-state index contributed by atoms with van der Waals surface area (Å²) in [7, 11) is 2.09. The van der Waals surface area contributed by atoms with Crippen molar-refractivity contribution in [3.8, 4) is 5.69 Å². The van der Waals surface area contributed by atoms with E-state index in [0.717, 1.165) is 37.3 Å². The standard InChI is InChI=1S/C21H35N5O2/c1-17(16-21(28)18(2)27)25(3)15-7-5-4-6-12-22-19-8-10-20(11-9-19)26-23-13-14-24-26/h8-11,13-14,17-18,21-22,27-28H,4-7,12,15-16H2,1-3H3/t17-,18+,21+/m1/s1. The van der Waals surface area contributed by atoms with E-state index in [1.54, 1.807) is 24.1 Å². The molecule has 3 N–H and O–H groups in total. The average Bonchev–Trinajstić information content (AvgIpc) is 3.22. The van der Waals surface area contributed by atoms with Crippen molar-refractivity contribution in [3.05, 3.63) is 36.7 Å². The molecule has 0 bridgehead atoms. The molecule has 0 saturated heterocycles. The lowest BCUT2D eigenvalue weighted by Crippen LogP contribution is -2.36. The average molecular weight is 390 g/mol. The Hall–Kier alpha value is -1.96. The number of aliphatic hydroxyl groups excluding tert-OH is 2. The molecule has 7 nitrogen and oxygen atoms in total. The number of hydrogen-bond donors (Lipinski definition) is 3. The molecule has 0 unspecified atom stereocenters. The summed E-state index contributed by atoms with van der Waals surface area (Å²) >= 11 is 0. The first kappa shape index (κ1) is 22.3. The summed E-state index contributed by atoms with van der Waals surface area (Å²) < 4.78 is 0. The van der Waals surface area contributed by atoms with Crippen molar-refractivity contribution in [2.45, 2.75) is 64.2 Å².